The van der Waals surface area contributed by atoms with Crippen LogP contribution in [0.2, 0.25) is 19.6 Å². The van der Waals surface area contributed by atoms with Gasteiger partial charge in [-0.2, -0.15) is 0 Å². The standard InChI is InChI=1S/C9H20O2Si/c1-9(5-10-6-9)7-11-8-12(2,3)4/h5-8H2,1-4H3. The highest BCUT2D eigenvalue weighted by Crippen LogP contribution is 2.26. The summed E-state index contributed by atoms with van der Waals surface area (Å²) < 4.78 is 10.8. The van der Waals surface area contributed by atoms with E-state index in [1.807, 2.05) is 0 Å². The molecule has 0 spiro atoms. The smallest absolute Gasteiger partial charge is 0.0746 e. The maximum absolute atomic E-state index is 5.69. The van der Waals surface area contributed by atoms with Crippen molar-refractivity contribution >= 4 is 8.07 Å². The number of hydrogen-bond donors (Lipinski definition) is 0. The summed E-state index contributed by atoms with van der Waals surface area (Å²) >= 11 is 0. The molecule has 0 N–H and O–H groups in total. The Morgan fingerprint density at radius 3 is 2.25 bits per heavy atom. The zero-order valence-electron chi connectivity index (χ0n) is 8.64. The molecule has 0 aromatic heterocycles. The molecule has 0 saturated carbocycles. The van der Waals surface area contributed by atoms with Gasteiger partial charge in [0.2, 0.25) is 0 Å². The summed E-state index contributed by atoms with van der Waals surface area (Å²) in [6, 6.07) is 0. The van der Waals surface area contributed by atoms with Crippen LogP contribution in [0.5, 0.6) is 0 Å². The van der Waals surface area contributed by atoms with Crippen LogP contribution in [0.4, 0.5) is 0 Å². The summed E-state index contributed by atoms with van der Waals surface area (Å²) in [6.07, 6.45) is 0.975. The minimum atomic E-state index is -1.01. The molecule has 1 rings (SSSR count). The third kappa shape index (κ3) is 3.25. The fourth-order valence-electron chi connectivity index (χ4n) is 1.14. The highest BCUT2D eigenvalue weighted by atomic mass is 28.3. The first-order valence-corrected chi connectivity index (χ1v) is 8.28. The maximum Gasteiger partial charge on any atom is 0.0746 e. The third-order valence-electron chi connectivity index (χ3n) is 1.89. The molecule has 0 unspecified atom stereocenters. The molecule has 0 aromatic rings. The van der Waals surface area contributed by atoms with E-state index in [0.29, 0.717) is 5.41 Å². The van der Waals surface area contributed by atoms with Crippen LogP contribution in [0.15, 0.2) is 0 Å². The van der Waals surface area contributed by atoms with Gasteiger partial charge >= 0.3 is 0 Å². The normalized spacial score (nSPS) is 22.0. The van der Waals surface area contributed by atoms with E-state index in [2.05, 4.69) is 26.6 Å². The fourth-order valence-corrected chi connectivity index (χ4v) is 1.85. The van der Waals surface area contributed by atoms with E-state index < -0.39 is 8.07 Å². The van der Waals surface area contributed by atoms with Crippen molar-refractivity contribution < 1.29 is 9.47 Å². The summed E-state index contributed by atoms with van der Waals surface area (Å²) in [6.45, 7) is 11.8. The summed E-state index contributed by atoms with van der Waals surface area (Å²) in [5.41, 5.74) is 0.319. The Morgan fingerprint density at radius 2 is 1.92 bits per heavy atom. The van der Waals surface area contributed by atoms with Crippen LogP contribution < -0.4 is 0 Å². The van der Waals surface area contributed by atoms with Crippen LogP contribution in [-0.2, 0) is 9.47 Å². The van der Waals surface area contributed by atoms with Crippen LogP contribution in [0.1, 0.15) is 6.92 Å². The lowest BCUT2D eigenvalue weighted by atomic mass is 9.90. The SMILES string of the molecule is CC1(COC[Si](C)(C)C)COC1. The van der Waals surface area contributed by atoms with Crippen molar-refractivity contribution in [3.63, 3.8) is 0 Å². The quantitative estimate of drug-likeness (QED) is 0.628. The number of ether oxygens (including phenoxy) is 2. The van der Waals surface area contributed by atoms with Gasteiger partial charge in [-0.25, -0.2) is 0 Å². The molecular weight excluding hydrogens is 168 g/mol. The molecule has 12 heavy (non-hydrogen) atoms. The van der Waals surface area contributed by atoms with Crippen molar-refractivity contribution in [3.05, 3.63) is 0 Å². The first-order chi connectivity index (χ1) is 5.41. The molecule has 0 bridgehead atoms. The van der Waals surface area contributed by atoms with Crippen molar-refractivity contribution in [3.8, 4) is 0 Å². The third-order valence-corrected chi connectivity index (χ3v) is 2.96. The van der Waals surface area contributed by atoms with Crippen LogP contribution in [0.25, 0.3) is 0 Å². The van der Waals surface area contributed by atoms with Gasteiger partial charge in [-0.3, -0.25) is 0 Å². The first kappa shape index (κ1) is 10.2. The van der Waals surface area contributed by atoms with Crippen LogP contribution in [0, 0.1) is 5.41 Å². The van der Waals surface area contributed by atoms with E-state index in [1.54, 1.807) is 0 Å². The van der Waals surface area contributed by atoms with E-state index >= 15 is 0 Å². The predicted molar refractivity (Wildman–Crippen MR) is 53.1 cm³/mol. The largest absolute Gasteiger partial charge is 0.384 e. The molecule has 1 saturated heterocycles. The zero-order valence-corrected chi connectivity index (χ0v) is 9.64. The summed E-state index contributed by atoms with van der Waals surface area (Å²) in [5.74, 6) is 0. The van der Waals surface area contributed by atoms with Gasteiger partial charge in [-0.1, -0.05) is 26.6 Å². The second-order valence-electron chi connectivity index (χ2n) is 5.36. The highest BCUT2D eigenvalue weighted by molar-refractivity contribution is 6.76. The second kappa shape index (κ2) is 3.48. The maximum atomic E-state index is 5.69. The Bertz CT molecular complexity index is 147. The molecule has 1 aliphatic heterocycles. The molecule has 0 atom stereocenters. The van der Waals surface area contributed by atoms with E-state index in [0.717, 1.165) is 26.1 Å². The molecule has 0 aliphatic carbocycles. The van der Waals surface area contributed by atoms with E-state index in [-0.39, 0.29) is 0 Å². The molecule has 1 heterocycles. The second-order valence-corrected chi connectivity index (χ2v) is 10.8. The van der Waals surface area contributed by atoms with Crippen LogP contribution >= 0.6 is 0 Å². The number of rotatable bonds is 4. The first-order valence-electron chi connectivity index (χ1n) is 4.57. The molecule has 72 valence electrons. The lowest BCUT2D eigenvalue weighted by Gasteiger charge is -2.38. The minimum Gasteiger partial charge on any atom is -0.384 e. The molecule has 2 nitrogen and oxygen atoms in total. The molecule has 0 radical (unpaired) electrons. The van der Waals surface area contributed by atoms with E-state index in [9.17, 15) is 0 Å². The average Bonchev–Trinajstić information content (AvgIpc) is 1.81. The summed E-state index contributed by atoms with van der Waals surface area (Å²) in [5, 5.41) is 0. The Kier molecular flexibility index (Phi) is 2.96. The van der Waals surface area contributed by atoms with Crippen molar-refractivity contribution in [1.29, 1.82) is 0 Å². The van der Waals surface area contributed by atoms with Crippen molar-refractivity contribution in [2.24, 2.45) is 5.41 Å². The van der Waals surface area contributed by atoms with Gasteiger partial charge in [0, 0.05) is 11.6 Å². The highest BCUT2D eigenvalue weighted by Gasteiger charge is 2.33. The Hall–Kier alpha value is 0.137. The number of hydrogen-bond acceptors (Lipinski definition) is 2. The van der Waals surface area contributed by atoms with Gasteiger partial charge in [0.1, 0.15) is 0 Å². The van der Waals surface area contributed by atoms with E-state index in [1.165, 1.54) is 0 Å². The lowest BCUT2D eigenvalue weighted by molar-refractivity contribution is -0.134. The topological polar surface area (TPSA) is 18.5 Å². The fraction of sp³-hybridized carbons (Fsp3) is 1.00. The lowest BCUT2D eigenvalue weighted by Crippen LogP contribution is -2.44. The van der Waals surface area contributed by atoms with Crippen molar-refractivity contribution in [2.45, 2.75) is 26.6 Å². The molecule has 0 amide bonds. The molecular formula is C9H20O2Si. The van der Waals surface area contributed by atoms with Gasteiger partial charge in [-0.05, 0) is 0 Å². The molecule has 0 aromatic carbocycles. The van der Waals surface area contributed by atoms with Gasteiger partial charge < -0.3 is 9.47 Å². The van der Waals surface area contributed by atoms with Crippen molar-refractivity contribution in [2.75, 3.05) is 26.1 Å². The van der Waals surface area contributed by atoms with Gasteiger partial charge in [0.15, 0.2) is 0 Å². The van der Waals surface area contributed by atoms with Crippen LogP contribution in [0.3, 0.4) is 0 Å². The molecule has 3 heteroatoms. The predicted octanol–water partition coefficient (Wildman–Crippen LogP) is 1.92. The molecule has 1 fully saturated rings. The zero-order chi connectivity index (χ0) is 9.24. The van der Waals surface area contributed by atoms with Gasteiger partial charge in [-0.15, -0.1) is 0 Å². The summed E-state index contributed by atoms with van der Waals surface area (Å²) in [7, 11) is -1.01. The van der Waals surface area contributed by atoms with Crippen LogP contribution in [-0.4, -0.2) is 34.1 Å². The Morgan fingerprint density at radius 1 is 1.33 bits per heavy atom. The monoisotopic (exact) mass is 188 g/mol. The summed E-state index contributed by atoms with van der Waals surface area (Å²) in [4.78, 5) is 0. The molecule has 1 aliphatic rings. The van der Waals surface area contributed by atoms with E-state index in [4.69, 9.17) is 9.47 Å². The average molecular weight is 188 g/mol. The Labute approximate surface area is 76.3 Å². The van der Waals surface area contributed by atoms with Gasteiger partial charge in [0.25, 0.3) is 0 Å². The van der Waals surface area contributed by atoms with Crippen molar-refractivity contribution in [1.82, 2.24) is 0 Å². The minimum absolute atomic E-state index is 0.319. The Balaban J connectivity index is 2.10. The van der Waals surface area contributed by atoms with Gasteiger partial charge in [0.05, 0.1) is 27.9 Å².